The summed E-state index contributed by atoms with van der Waals surface area (Å²) in [6, 6.07) is 8.74. The van der Waals surface area contributed by atoms with Crippen LogP contribution in [0.2, 0.25) is 0 Å². The summed E-state index contributed by atoms with van der Waals surface area (Å²) in [7, 11) is 3.06. The van der Waals surface area contributed by atoms with Gasteiger partial charge in [-0.1, -0.05) is 0 Å². The number of nitrogens with zero attached hydrogens (tertiary/aromatic N) is 1. The molecule has 7 heteroatoms. The molecule has 0 radical (unpaired) electrons. The number of furan rings is 1. The number of hydrogen-bond donors (Lipinski definition) is 1. The number of aryl methyl sites for hydroxylation is 1. The summed E-state index contributed by atoms with van der Waals surface area (Å²) in [5, 5.41) is 5.09. The second-order valence-electron chi connectivity index (χ2n) is 4.97. The van der Waals surface area contributed by atoms with Crippen molar-refractivity contribution in [3.63, 3.8) is 0 Å². The summed E-state index contributed by atoms with van der Waals surface area (Å²) in [5.41, 5.74) is 1.09. The van der Waals surface area contributed by atoms with Gasteiger partial charge in [0.15, 0.2) is 10.9 Å². The highest BCUT2D eigenvalue weighted by Gasteiger charge is 2.16. The van der Waals surface area contributed by atoms with E-state index in [0.717, 1.165) is 5.76 Å². The molecule has 24 heavy (non-hydrogen) atoms. The van der Waals surface area contributed by atoms with Gasteiger partial charge in [-0.25, -0.2) is 4.98 Å². The van der Waals surface area contributed by atoms with E-state index < -0.39 is 0 Å². The molecule has 0 aliphatic carbocycles. The Labute approximate surface area is 143 Å². The first-order valence-electron chi connectivity index (χ1n) is 7.16. The molecule has 0 aliphatic rings. The van der Waals surface area contributed by atoms with Crippen molar-refractivity contribution < 1.29 is 18.7 Å². The minimum absolute atomic E-state index is 0.300. The Morgan fingerprint density at radius 3 is 2.71 bits per heavy atom. The summed E-state index contributed by atoms with van der Waals surface area (Å²) in [6.07, 6.45) is 0. The van der Waals surface area contributed by atoms with Crippen LogP contribution in [-0.4, -0.2) is 25.1 Å². The number of hydrogen-bond acceptors (Lipinski definition) is 6. The van der Waals surface area contributed by atoms with E-state index in [4.69, 9.17) is 13.9 Å². The number of benzene rings is 1. The molecule has 0 bridgehead atoms. The van der Waals surface area contributed by atoms with Crippen molar-refractivity contribution in [1.82, 2.24) is 4.98 Å². The van der Waals surface area contributed by atoms with Gasteiger partial charge in [0.05, 0.1) is 19.8 Å². The molecule has 1 aromatic carbocycles. The number of methoxy groups -OCH3 is 2. The number of anilines is 1. The zero-order valence-corrected chi connectivity index (χ0v) is 14.3. The van der Waals surface area contributed by atoms with Gasteiger partial charge in [-0.05, 0) is 31.2 Å². The van der Waals surface area contributed by atoms with Gasteiger partial charge < -0.3 is 13.9 Å². The van der Waals surface area contributed by atoms with Gasteiger partial charge in [-0.15, -0.1) is 11.3 Å². The average Bonchev–Trinajstić information content (AvgIpc) is 3.23. The Bertz CT molecular complexity index is 869. The highest BCUT2D eigenvalue weighted by molar-refractivity contribution is 7.14. The molecule has 1 amide bonds. The molecule has 3 aromatic rings. The molecule has 0 aliphatic heterocycles. The Hall–Kier alpha value is -2.80. The average molecular weight is 344 g/mol. The second kappa shape index (κ2) is 6.76. The predicted octanol–water partition coefficient (Wildman–Crippen LogP) is 3.98. The van der Waals surface area contributed by atoms with Crippen molar-refractivity contribution in [3.05, 3.63) is 47.0 Å². The number of ether oxygens (including phenoxy) is 2. The van der Waals surface area contributed by atoms with Crippen molar-refractivity contribution in [1.29, 1.82) is 0 Å². The Morgan fingerprint density at radius 2 is 2.04 bits per heavy atom. The van der Waals surface area contributed by atoms with Crippen LogP contribution in [0.1, 0.15) is 16.1 Å². The fourth-order valence-electron chi connectivity index (χ4n) is 2.17. The fraction of sp³-hybridized carbons (Fsp3) is 0.176. The summed E-state index contributed by atoms with van der Waals surface area (Å²) in [5.74, 6) is 2.24. The lowest BCUT2D eigenvalue weighted by Crippen LogP contribution is -2.13. The van der Waals surface area contributed by atoms with E-state index in [-0.39, 0.29) is 5.91 Å². The molecule has 0 fully saturated rings. The van der Waals surface area contributed by atoms with Gasteiger partial charge in [0.1, 0.15) is 23.0 Å². The molecule has 2 aromatic heterocycles. The first-order chi connectivity index (χ1) is 11.6. The third kappa shape index (κ3) is 3.26. The van der Waals surface area contributed by atoms with Crippen LogP contribution in [0, 0.1) is 6.92 Å². The van der Waals surface area contributed by atoms with Crippen molar-refractivity contribution >= 4 is 22.4 Å². The van der Waals surface area contributed by atoms with Crippen LogP contribution in [0.25, 0.3) is 11.5 Å². The number of nitrogens with one attached hydrogen (secondary N) is 1. The van der Waals surface area contributed by atoms with E-state index in [1.165, 1.54) is 18.4 Å². The normalized spacial score (nSPS) is 10.5. The molecule has 124 valence electrons. The Morgan fingerprint density at radius 1 is 1.21 bits per heavy atom. The van der Waals surface area contributed by atoms with E-state index in [1.807, 2.05) is 24.4 Å². The predicted molar refractivity (Wildman–Crippen MR) is 92.1 cm³/mol. The lowest BCUT2D eigenvalue weighted by atomic mass is 10.2. The first kappa shape index (κ1) is 16.1. The van der Waals surface area contributed by atoms with Crippen LogP contribution in [0.4, 0.5) is 5.13 Å². The lowest BCUT2D eigenvalue weighted by Gasteiger charge is -2.09. The van der Waals surface area contributed by atoms with Gasteiger partial charge in [-0.2, -0.15) is 0 Å². The van der Waals surface area contributed by atoms with Gasteiger partial charge in [0.25, 0.3) is 5.91 Å². The number of aromatic nitrogens is 1. The van der Waals surface area contributed by atoms with Crippen molar-refractivity contribution in [2.45, 2.75) is 6.92 Å². The van der Waals surface area contributed by atoms with Gasteiger partial charge in [0, 0.05) is 11.4 Å². The monoisotopic (exact) mass is 344 g/mol. The molecule has 1 N–H and O–H groups in total. The van der Waals surface area contributed by atoms with E-state index in [2.05, 4.69) is 10.3 Å². The zero-order valence-electron chi connectivity index (χ0n) is 13.5. The third-order valence-electron chi connectivity index (χ3n) is 3.37. The second-order valence-corrected chi connectivity index (χ2v) is 5.83. The van der Waals surface area contributed by atoms with Crippen molar-refractivity contribution in [3.8, 4) is 23.0 Å². The van der Waals surface area contributed by atoms with Crippen LogP contribution < -0.4 is 14.8 Å². The molecule has 2 heterocycles. The summed E-state index contributed by atoms with van der Waals surface area (Å²) in [4.78, 5) is 16.8. The summed E-state index contributed by atoms with van der Waals surface area (Å²) >= 11 is 1.33. The van der Waals surface area contributed by atoms with E-state index in [9.17, 15) is 4.79 Å². The van der Waals surface area contributed by atoms with Gasteiger partial charge >= 0.3 is 0 Å². The fourth-order valence-corrected chi connectivity index (χ4v) is 2.86. The van der Waals surface area contributed by atoms with Crippen LogP contribution in [0.5, 0.6) is 11.5 Å². The molecule has 0 spiro atoms. The number of rotatable bonds is 5. The smallest absolute Gasteiger partial charge is 0.261 e. The van der Waals surface area contributed by atoms with Crippen LogP contribution in [0.15, 0.2) is 40.1 Å². The largest absolute Gasteiger partial charge is 0.497 e. The maximum absolute atomic E-state index is 12.5. The third-order valence-corrected chi connectivity index (χ3v) is 4.13. The molecule has 0 unspecified atom stereocenters. The van der Waals surface area contributed by atoms with Crippen LogP contribution >= 0.6 is 11.3 Å². The molecule has 3 rings (SSSR count). The number of thiazole rings is 1. The van der Waals surface area contributed by atoms with Crippen LogP contribution in [0.3, 0.4) is 0 Å². The molecular formula is C17H16N2O4S. The Balaban J connectivity index is 1.79. The first-order valence-corrected chi connectivity index (χ1v) is 8.04. The van der Waals surface area contributed by atoms with Crippen molar-refractivity contribution in [2.75, 3.05) is 19.5 Å². The number of carbonyl (C=O) groups excluding carboxylic acids is 1. The molecule has 6 nitrogen and oxygen atoms in total. The topological polar surface area (TPSA) is 73.6 Å². The van der Waals surface area contributed by atoms with Crippen LogP contribution in [-0.2, 0) is 0 Å². The maximum atomic E-state index is 12.5. The summed E-state index contributed by atoms with van der Waals surface area (Å²) in [6.45, 7) is 1.87. The van der Waals surface area contributed by atoms with Gasteiger partial charge in [-0.3, -0.25) is 10.1 Å². The van der Waals surface area contributed by atoms with E-state index in [1.54, 1.807) is 25.3 Å². The standard InChI is InChI=1S/C17H16N2O4S/c1-10-4-7-14(23-10)13-9-24-17(18-13)19-16(20)12-6-5-11(21-2)8-15(12)22-3/h4-9H,1-3H3,(H,18,19,20). The van der Waals surface area contributed by atoms with E-state index >= 15 is 0 Å². The number of carbonyl (C=O) groups is 1. The van der Waals surface area contributed by atoms with Crippen molar-refractivity contribution in [2.24, 2.45) is 0 Å². The quantitative estimate of drug-likeness (QED) is 0.758. The molecule has 0 saturated heterocycles. The SMILES string of the molecule is COc1ccc(C(=O)Nc2nc(-c3ccc(C)o3)cs2)c(OC)c1. The van der Waals surface area contributed by atoms with E-state index in [0.29, 0.717) is 33.6 Å². The molecule has 0 saturated carbocycles. The van der Waals surface area contributed by atoms with Gasteiger partial charge in [0.2, 0.25) is 0 Å². The highest BCUT2D eigenvalue weighted by atomic mass is 32.1. The maximum Gasteiger partial charge on any atom is 0.261 e. The Kier molecular flexibility index (Phi) is 4.52. The molecule has 0 atom stereocenters. The minimum atomic E-state index is -0.300. The molecular weight excluding hydrogens is 328 g/mol. The number of amides is 1. The lowest BCUT2D eigenvalue weighted by molar-refractivity contribution is 0.102. The highest BCUT2D eigenvalue weighted by Crippen LogP contribution is 2.28. The minimum Gasteiger partial charge on any atom is -0.497 e. The summed E-state index contributed by atoms with van der Waals surface area (Å²) < 4.78 is 15.9. The zero-order chi connectivity index (χ0) is 17.1.